The number of aryl methyl sites for hydroxylation is 1. The number of hydrogen-bond acceptors (Lipinski definition) is 5. The van der Waals surface area contributed by atoms with Crippen molar-refractivity contribution >= 4 is 39.1 Å². The van der Waals surface area contributed by atoms with Crippen molar-refractivity contribution in [3.8, 4) is 5.75 Å². The predicted octanol–water partition coefficient (Wildman–Crippen LogP) is 6.41. The molecule has 1 N–H and O–H groups in total. The van der Waals surface area contributed by atoms with Crippen LogP contribution >= 0.6 is 11.6 Å². The summed E-state index contributed by atoms with van der Waals surface area (Å²) in [5.41, 5.74) is 2.39. The zero-order valence-corrected chi connectivity index (χ0v) is 28.3. The second kappa shape index (κ2) is 14.8. The van der Waals surface area contributed by atoms with Crippen LogP contribution in [-0.4, -0.2) is 50.4 Å². The van der Waals surface area contributed by atoms with Gasteiger partial charge < -0.3 is 15.0 Å². The summed E-state index contributed by atoms with van der Waals surface area (Å²) in [6.07, 6.45) is 0.229. The number of carbonyl (C=O) groups excluding carboxylic acids is 2. The highest BCUT2D eigenvalue weighted by Crippen LogP contribution is 2.27. The smallest absolute Gasteiger partial charge is 0.264 e. The molecule has 242 valence electrons. The van der Waals surface area contributed by atoms with Crippen LogP contribution in [-0.2, 0) is 32.6 Å². The number of amides is 2. The third-order valence-electron chi connectivity index (χ3n) is 7.28. The first kappa shape index (κ1) is 34.5. The Labute approximate surface area is 277 Å². The third-order valence-corrected chi connectivity index (χ3v) is 9.32. The van der Waals surface area contributed by atoms with E-state index in [-0.39, 0.29) is 29.5 Å². The lowest BCUT2D eigenvalue weighted by Gasteiger charge is -2.35. The van der Waals surface area contributed by atoms with E-state index >= 15 is 0 Å². The average Bonchev–Trinajstić information content (AvgIpc) is 3.02. The fourth-order valence-corrected chi connectivity index (χ4v) is 6.45. The number of sulfonamides is 1. The van der Waals surface area contributed by atoms with Gasteiger partial charge in [-0.25, -0.2) is 8.42 Å². The van der Waals surface area contributed by atoms with Crippen LogP contribution in [0.1, 0.15) is 37.5 Å². The molecule has 8 nitrogen and oxygen atoms in total. The Hall–Kier alpha value is -4.34. The summed E-state index contributed by atoms with van der Waals surface area (Å²) >= 11 is 6.14. The minimum atomic E-state index is -4.25. The first-order chi connectivity index (χ1) is 21.8. The Balaban J connectivity index is 1.81. The van der Waals surface area contributed by atoms with E-state index in [4.69, 9.17) is 16.3 Å². The molecule has 10 heteroatoms. The van der Waals surface area contributed by atoms with Gasteiger partial charge in [0, 0.05) is 23.5 Å². The fraction of sp³-hybridized carbons (Fsp3) is 0.278. The molecule has 4 rings (SSSR count). The molecule has 0 radical (unpaired) electrons. The van der Waals surface area contributed by atoms with Crippen molar-refractivity contribution < 1.29 is 22.7 Å². The number of hydrogen-bond donors (Lipinski definition) is 1. The standard InChI is InChI=1S/C36H40ClN3O5S/c1-26-11-13-28(14-12-26)24-39(33(35(42)38-36(2,3)4)23-27-9-7-6-8-10-27)34(41)25-40(30-17-15-29(37)16-18-30)46(43,44)32-21-19-31(45-5)20-22-32/h6-22,33H,23-25H2,1-5H3,(H,38,42)/t33-/m0/s1. The van der Waals surface area contributed by atoms with Gasteiger partial charge in [0.2, 0.25) is 11.8 Å². The lowest BCUT2D eigenvalue weighted by Crippen LogP contribution is -2.56. The van der Waals surface area contributed by atoms with E-state index in [1.54, 1.807) is 36.4 Å². The van der Waals surface area contributed by atoms with E-state index in [2.05, 4.69) is 5.32 Å². The molecule has 0 aliphatic carbocycles. The van der Waals surface area contributed by atoms with Crippen LogP contribution in [0.2, 0.25) is 5.02 Å². The van der Waals surface area contributed by atoms with E-state index in [9.17, 15) is 18.0 Å². The minimum Gasteiger partial charge on any atom is -0.497 e. The summed E-state index contributed by atoms with van der Waals surface area (Å²) in [6.45, 7) is 7.12. The average molecular weight is 662 g/mol. The SMILES string of the molecule is COc1ccc(S(=O)(=O)N(CC(=O)N(Cc2ccc(C)cc2)[C@@H](Cc2ccccc2)C(=O)NC(C)(C)C)c2ccc(Cl)cc2)cc1. The van der Waals surface area contributed by atoms with Gasteiger partial charge in [0.25, 0.3) is 10.0 Å². The third kappa shape index (κ3) is 9.11. The number of methoxy groups -OCH3 is 1. The van der Waals surface area contributed by atoms with Gasteiger partial charge in [-0.05, 0) is 87.4 Å². The molecule has 0 bridgehead atoms. The maximum atomic E-state index is 14.5. The Morgan fingerprint density at radius 1 is 0.848 bits per heavy atom. The van der Waals surface area contributed by atoms with Crippen LogP contribution in [0, 0.1) is 6.92 Å². The molecule has 0 aromatic heterocycles. The van der Waals surface area contributed by atoms with Crippen LogP contribution in [0.15, 0.2) is 108 Å². The van der Waals surface area contributed by atoms with Gasteiger partial charge in [-0.15, -0.1) is 0 Å². The Morgan fingerprint density at radius 3 is 2.02 bits per heavy atom. The largest absolute Gasteiger partial charge is 0.497 e. The van der Waals surface area contributed by atoms with Crippen LogP contribution in [0.4, 0.5) is 5.69 Å². The molecule has 0 saturated heterocycles. The summed E-state index contributed by atoms with van der Waals surface area (Å²) in [4.78, 5) is 30.0. The van der Waals surface area contributed by atoms with Gasteiger partial charge in [0.05, 0.1) is 17.7 Å². The lowest BCUT2D eigenvalue weighted by molar-refractivity contribution is -0.140. The maximum Gasteiger partial charge on any atom is 0.264 e. The Bertz CT molecular complexity index is 1720. The second-order valence-corrected chi connectivity index (χ2v) is 14.4. The highest BCUT2D eigenvalue weighted by molar-refractivity contribution is 7.92. The summed E-state index contributed by atoms with van der Waals surface area (Å²) in [6, 6.07) is 28.4. The van der Waals surface area contributed by atoms with Crippen molar-refractivity contribution in [2.24, 2.45) is 0 Å². The van der Waals surface area contributed by atoms with Crippen molar-refractivity contribution in [1.29, 1.82) is 0 Å². The van der Waals surface area contributed by atoms with Crippen molar-refractivity contribution in [2.45, 2.75) is 57.1 Å². The molecule has 0 aliphatic heterocycles. The van der Waals surface area contributed by atoms with Crippen molar-refractivity contribution in [2.75, 3.05) is 18.0 Å². The number of ether oxygens (including phenoxy) is 1. The van der Waals surface area contributed by atoms with Crippen molar-refractivity contribution in [3.63, 3.8) is 0 Å². The molecule has 4 aromatic carbocycles. The van der Waals surface area contributed by atoms with Crippen LogP contribution in [0.25, 0.3) is 0 Å². The molecule has 0 spiro atoms. The molecule has 46 heavy (non-hydrogen) atoms. The second-order valence-electron chi connectivity index (χ2n) is 12.1. The predicted molar refractivity (Wildman–Crippen MR) is 183 cm³/mol. The van der Waals surface area contributed by atoms with E-state index in [1.165, 1.54) is 24.1 Å². The number of carbonyl (C=O) groups is 2. The maximum absolute atomic E-state index is 14.5. The van der Waals surface area contributed by atoms with Gasteiger partial charge in [0.1, 0.15) is 18.3 Å². The van der Waals surface area contributed by atoms with E-state index in [0.717, 1.165) is 21.0 Å². The molecule has 0 unspecified atom stereocenters. The zero-order valence-electron chi connectivity index (χ0n) is 26.7. The summed E-state index contributed by atoms with van der Waals surface area (Å²) in [5, 5.41) is 3.45. The van der Waals surface area contributed by atoms with Crippen LogP contribution in [0.3, 0.4) is 0 Å². The molecule has 2 amide bonds. The van der Waals surface area contributed by atoms with Crippen molar-refractivity contribution in [1.82, 2.24) is 10.2 Å². The highest BCUT2D eigenvalue weighted by Gasteiger charge is 2.35. The van der Waals surface area contributed by atoms with Gasteiger partial charge in [-0.1, -0.05) is 71.8 Å². The minimum absolute atomic E-state index is 0.0209. The van der Waals surface area contributed by atoms with E-state index in [0.29, 0.717) is 10.8 Å². The van der Waals surface area contributed by atoms with Gasteiger partial charge in [-0.3, -0.25) is 13.9 Å². The molecule has 0 fully saturated rings. The van der Waals surface area contributed by atoms with Crippen LogP contribution in [0.5, 0.6) is 5.75 Å². The van der Waals surface area contributed by atoms with E-state index in [1.807, 2.05) is 82.3 Å². The van der Waals surface area contributed by atoms with E-state index < -0.39 is 34.1 Å². The number of benzene rings is 4. The number of anilines is 1. The molecule has 1 atom stereocenters. The summed E-state index contributed by atoms with van der Waals surface area (Å²) < 4.78 is 34.6. The highest BCUT2D eigenvalue weighted by atomic mass is 35.5. The zero-order chi connectivity index (χ0) is 33.5. The van der Waals surface area contributed by atoms with Gasteiger partial charge >= 0.3 is 0 Å². The van der Waals surface area contributed by atoms with Gasteiger partial charge in [-0.2, -0.15) is 0 Å². The molecule has 4 aromatic rings. The molecule has 0 saturated carbocycles. The van der Waals surface area contributed by atoms with Crippen LogP contribution < -0.4 is 14.4 Å². The topological polar surface area (TPSA) is 96.0 Å². The number of rotatable bonds is 12. The normalized spacial score (nSPS) is 12.2. The number of nitrogens with zero attached hydrogens (tertiary/aromatic N) is 2. The summed E-state index contributed by atoms with van der Waals surface area (Å²) in [7, 11) is -2.75. The monoisotopic (exact) mass is 661 g/mol. The first-order valence-electron chi connectivity index (χ1n) is 14.9. The first-order valence-corrected chi connectivity index (χ1v) is 16.7. The van der Waals surface area contributed by atoms with Gasteiger partial charge in [0.15, 0.2) is 0 Å². The quantitative estimate of drug-likeness (QED) is 0.189. The van der Waals surface area contributed by atoms with Crippen molar-refractivity contribution in [3.05, 3.63) is 125 Å². The number of nitrogens with one attached hydrogen (secondary N) is 1. The lowest BCUT2D eigenvalue weighted by atomic mass is 10.0. The Morgan fingerprint density at radius 2 is 1.46 bits per heavy atom. The molecule has 0 aliphatic rings. The fourth-order valence-electron chi connectivity index (χ4n) is 4.91. The number of halogens is 1. The molecular weight excluding hydrogens is 622 g/mol. The molecule has 0 heterocycles. The summed E-state index contributed by atoms with van der Waals surface area (Å²) in [5.74, 6) is -0.392. The molecular formula is C36H40ClN3O5S. The Kier molecular flexibility index (Phi) is 11.1.